The molecule has 0 fully saturated rings. The first-order valence-electron chi connectivity index (χ1n) is 7.84. The lowest BCUT2D eigenvalue weighted by Crippen LogP contribution is -2.24. The smallest absolute Gasteiger partial charge is 0.376 e. The van der Waals surface area contributed by atoms with Crippen molar-refractivity contribution in [1.29, 1.82) is 0 Å². The summed E-state index contributed by atoms with van der Waals surface area (Å²) >= 11 is 5.59. The van der Waals surface area contributed by atoms with E-state index < -0.39 is 33.4 Å². The molecule has 0 saturated heterocycles. The van der Waals surface area contributed by atoms with E-state index in [0.29, 0.717) is 5.69 Å². The molecule has 0 heterocycles. The summed E-state index contributed by atoms with van der Waals surface area (Å²) in [7, 11) is -0.778. The molecule has 2 aromatic carbocycles. The third kappa shape index (κ3) is 5.37. The highest BCUT2D eigenvalue weighted by atomic mass is 35.5. The van der Waals surface area contributed by atoms with Gasteiger partial charge in [-0.1, -0.05) is 11.6 Å². The standard InChI is InChI=1S/C17H17ClF3N3O3S/c1-24(2)28(26,27)13-6-4-12(5-7-13)22-10-16(25)23-15-8-3-11(18)9-14(15)17(19,20)21/h3-9,22H,10H2,1-2H3,(H,23,25). The Bertz CT molecular complexity index is 962. The maximum atomic E-state index is 13.0. The van der Waals surface area contributed by atoms with Crippen LogP contribution in [-0.4, -0.2) is 39.3 Å². The lowest BCUT2D eigenvalue weighted by atomic mass is 10.1. The van der Waals surface area contributed by atoms with Gasteiger partial charge in [0, 0.05) is 24.8 Å². The van der Waals surface area contributed by atoms with Crippen molar-refractivity contribution in [2.75, 3.05) is 31.3 Å². The summed E-state index contributed by atoms with van der Waals surface area (Å²) in [5.74, 6) is -0.710. The summed E-state index contributed by atoms with van der Waals surface area (Å²) in [6, 6.07) is 8.66. The summed E-state index contributed by atoms with van der Waals surface area (Å²) < 4.78 is 64.2. The van der Waals surface area contributed by atoms with Crippen molar-refractivity contribution < 1.29 is 26.4 Å². The Hall–Kier alpha value is -2.30. The van der Waals surface area contributed by atoms with Crippen molar-refractivity contribution in [3.8, 4) is 0 Å². The number of nitrogens with zero attached hydrogens (tertiary/aromatic N) is 1. The van der Waals surface area contributed by atoms with E-state index in [1.165, 1.54) is 44.4 Å². The predicted octanol–water partition coefficient (Wildman–Crippen LogP) is 3.66. The molecule has 0 aliphatic carbocycles. The van der Waals surface area contributed by atoms with Crippen LogP contribution in [0.25, 0.3) is 0 Å². The van der Waals surface area contributed by atoms with Crippen LogP contribution in [0.2, 0.25) is 5.02 Å². The average molecular weight is 436 g/mol. The third-order valence-electron chi connectivity index (χ3n) is 3.65. The topological polar surface area (TPSA) is 78.5 Å². The van der Waals surface area contributed by atoms with Gasteiger partial charge in [-0.05, 0) is 42.5 Å². The van der Waals surface area contributed by atoms with Gasteiger partial charge in [-0.3, -0.25) is 4.79 Å². The van der Waals surface area contributed by atoms with Crippen molar-refractivity contribution in [3.63, 3.8) is 0 Å². The molecule has 152 valence electrons. The van der Waals surface area contributed by atoms with Crippen molar-refractivity contribution in [3.05, 3.63) is 53.1 Å². The number of amides is 1. The molecular formula is C17H17ClF3N3O3S. The van der Waals surface area contributed by atoms with E-state index >= 15 is 0 Å². The number of carbonyl (C=O) groups is 1. The van der Waals surface area contributed by atoms with Crippen molar-refractivity contribution in [2.24, 2.45) is 0 Å². The Balaban J connectivity index is 2.04. The Morgan fingerprint density at radius 1 is 1.11 bits per heavy atom. The first kappa shape index (κ1) is 22.0. The average Bonchev–Trinajstić information content (AvgIpc) is 2.61. The van der Waals surface area contributed by atoms with Gasteiger partial charge in [0.2, 0.25) is 15.9 Å². The molecule has 0 radical (unpaired) electrons. The summed E-state index contributed by atoms with van der Waals surface area (Å²) in [6.45, 7) is -0.320. The first-order chi connectivity index (χ1) is 12.9. The second kappa shape index (κ2) is 8.38. The van der Waals surface area contributed by atoms with Crippen LogP contribution in [0.15, 0.2) is 47.4 Å². The molecule has 2 rings (SSSR count). The molecule has 11 heteroatoms. The normalized spacial score (nSPS) is 12.1. The quantitative estimate of drug-likeness (QED) is 0.725. The molecule has 0 bridgehead atoms. The second-order valence-corrected chi connectivity index (χ2v) is 8.49. The Kier molecular flexibility index (Phi) is 6.58. The maximum absolute atomic E-state index is 13.0. The molecular weight excluding hydrogens is 419 g/mol. The molecule has 0 aliphatic rings. The number of sulfonamides is 1. The van der Waals surface area contributed by atoms with Crippen molar-refractivity contribution in [1.82, 2.24) is 4.31 Å². The van der Waals surface area contributed by atoms with Crippen LogP contribution < -0.4 is 10.6 Å². The van der Waals surface area contributed by atoms with E-state index in [1.54, 1.807) is 0 Å². The van der Waals surface area contributed by atoms with E-state index in [0.717, 1.165) is 16.4 Å². The fourth-order valence-corrected chi connectivity index (χ4v) is 3.27. The SMILES string of the molecule is CN(C)S(=O)(=O)c1ccc(NCC(=O)Nc2ccc(Cl)cc2C(F)(F)F)cc1. The van der Waals surface area contributed by atoms with E-state index in [2.05, 4.69) is 10.6 Å². The van der Waals surface area contributed by atoms with Crippen LogP contribution in [0, 0.1) is 0 Å². The van der Waals surface area contributed by atoms with Crippen molar-refractivity contribution in [2.45, 2.75) is 11.1 Å². The number of anilines is 2. The molecule has 6 nitrogen and oxygen atoms in total. The molecule has 28 heavy (non-hydrogen) atoms. The highest BCUT2D eigenvalue weighted by molar-refractivity contribution is 7.89. The maximum Gasteiger partial charge on any atom is 0.418 e. The number of halogens is 4. The van der Waals surface area contributed by atoms with Gasteiger partial charge >= 0.3 is 6.18 Å². The molecule has 0 spiro atoms. The number of carbonyl (C=O) groups excluding carboxylic acids is 1. The third-order valence-corrected chi connectivity index (χ3v) is 5.71. The van der Waals surface area contributed by atoms with Crippen LogP contribution in [0.1, 0.15) is 5.56 Å². The molecule has 0 aromatic heterocycles. The highest BCUT2D eigenvalue weighted by Crippen LogP contribution is 2.36. The highest BCUT2D eigenvalue weighted by Gasteiger charge is 2.34. The van der Waals surface area contributed by atoms with Crippen LogP contribution >= 0.6 is 11.6 Å². The molecule has 0 aliphatic heterocycles. The van der Waals surface area contributed by atoms with E-state index in [1.807, 2.05) is 0 Å². The van der Waals surface area contributed by atoms with Gasteiger partial charge in [-0.2, -0.15) is 13.2 Å². The minimum atomic E-state index is -4.67. The molecule has 0 saturated carbocycles. The van der Waals surface area contributed by atoms with Gasteiger partial charge in [0.05, 0.1) is 22.7 Å². The van der Waals surface area contributed by atoms with Gasteiger partial charge in [0.15, 0.2) is 0 Å². The van der Waals surface area contributed by atoms with Crippen LogP contribution in [0.3, 0.4) is 0 Å². The van der Waals surface area contributed by atoms with Gasteiger partial charge in [-0.25, -0.2) is 12.7 Å². The number of hydrogen-bond acceptors (Lipinski definition) is 4. The zero-order valence-electron chi connectivity index (χ0n) is 14.8. The van der Waals surface area contributed by atoms with Crippen LogP contribution in [-0.2, 0) is 21.0 Å². The second-order valence-electron chi connectivity index (χ2n) is 5.90. The summed E-state index contributed by atoms with van der Waals surface area (Å²) in [5.41, 5.74) is -1.03. The molecule has 0 atom stereocenters. The first-order valence-corrected chi connectivity index (χ1v) is 9.66. The zero-order chi connectivity index (χ0) is 21.1. The van der Waals surface area contributed by atoms with Gasteiger partial charge in [0.25, 0.3) is 0 Å². The Labute approximate surface area is 165 Å². The lowest BCUT2D eigenvalue weighted by Gasteiger charge is -2.15. The van der Waals surface area contributed by atoms with Gasteiger partial charge in [-0.15, -0.1) is 0 Å². The van der Waals surface area contributed by atoms with E-state index in [-0.39, 0.29) is 16.5 Å². The number of hydrogen-bond donors (Lipinski definition) is 2. The molecule has 2 N–H and O–H groups in total. The minimum Gasteiger partial charge on any atom is -0.376 e. The molecule has 2 aromatic rings. The Morgan fingerprint density at radius 3 is 2.25 bits per heavy atom. The zero-order valence-corrected chi connectivity index (χ0v) is 16.4. The summed E-state index contributed by atoms with van der Waals surface area (Å²) in [6.07, 6.45) is -4.67. The number of benzene rings is 2. The van der Waals surface area contributed by atoms with E-state index in [9.17, 15) is 26.4 Å². The molecule has 1 amide bonds. The minimum absolute atomic E-state index is 0.0727. The van der Waals surface area contributed by atoms with Crippen LogP contribution in [0.5, 0.6) is 0 Å². The fraction of sp³-hybridized carbons (Fsp3) is 0.235. The van der Waals surface area contributed by atoms with E-state index in [4.69, 9.17) is 11.6 Å². The van der Waals surface area contributed by atoms with Gasteiger partial charge in [0.1, 0.15) is 0 Å². The number of alkyl halides is 3. The largest absolute Gasteiger partial charge is 0.418 e. The van der Waals surface area contributed by atoms with Gasteiger partial charge < -0.3 is 10.6 Å². The summed E-state index contributed by atoms with van der Waals surface area (Å²) in [4.78, 5) is 12.1. The number of rotatable bonds is 6. The summed E-state index contributed by atoms with van der Waals surface area (Å²) in [5, 5.41) is 4.80. The molecule has 0 unspecified atom stereocenters. The fourth-order valence-electron chi connectivity index (χ4n) is 2.19. The Morgan fingerprint density at radius 2 is 1.71 bits per heavy atom. The van der Waals surface area contributed by atoms with Crippen LogP contribution in [0.4, 0.5) is 24.5 Å². The number of nitrogens with one attached hydrogen (secondary N) is 2. The van der Waals surface area contributed by atoms with Crippen molar-refractivity contribution >= 4 is 38.9 Å². The monoisotopic (exact) mass is 435 g/mol. The predicted molar refractivity (Wildman–Crippen MR) is 101 cm³/mol. The lowest BCUT2D eigenvalue weighted by molar-refractivity contribution is -0.137.